The molecule has 0 spiro atoms. The van der Waals surface area contributed by atoms with E-state index in [9.17, 15) is 26.0 Å². The molecule has 0 unspecified atom stereocenters. The summed E-state index contributed by atoms with van der Waals surface area (Å²) in [5, 5.41) is 5.56. The van der Waals surface area contributed by atoms with Crippen LogP contribution in [0.2, 0.25) is 0 Å². The molecule has 1 saturated heterocycles. The number of nitrogens with one attached hydrogen (secondary N) is 2. The Hall–Kier alpha value is -3.85. The molecule has 1 aromatic heterocycles. The molecule has 0 aliphatic carbocycles. The minimum atomic E-state index is -4.78. The third-order valence-electron chi connectivity index (χ3n) is 7.27. The fraction of sp³-hybridized carbons (Fsp3) is 0.429. The van der Waals surface area contributed by atoms with Gasteiger partial charge in [-0.3, -0.25) is 9.21 Å². The van der Waals surface area contributed by atoms with Gasteiger partial charge in [-0.25, -0.2) is 17.8 Å². The number of nitrogens with zero attached hydrogens (tertiary/aromatic N) is 5. The summed E-state index contributed by atoms with van der Waals surface area (Å²) in [4.78, 5) is 12.6. The van der Waals surface area contributed by atoms with E-state index in [0.717, 1.165) is 54.6 Å². The van der Waals surface area contributed by atoms with Gasteiger partial charge in [0.15, 0.2) is 0 Å². The van der Waals surface area contributed by atoms with E-state index in [4.69, 9.17) is 4.74 Å². The number of piperazine rings is 1. The molecule has 234 valence electrons. The molecule has 2 aromatic carbocycles. The number of ether oxygens (including phenoxy) is 1. The SMILES string of the molecule is COc1cc(N2CCN(C(C)C)CC2)ccc1Nc1ncc(C(F)(F)F)c(NCc2ccc(F)cc2N(C)S(C)(=O)=O)n1. The van der Waals surface area contributed by atoms with E-state index >= 15 is 0 Å². The van der Waals surface area contributed by atoms with Crippen molar-refractivity contribution in [3.63, 3.8) is 0 Å². The van der Waals surface area contributed by atoms with E-state index in [1.807, 2.05) is 12.1 Å². The van der Waals surface area contributed by atoms with E-state index < -0.39 is 33.4 Å². The van der Waals surface area contributed by atoms with Gasteiger partial charge in [0.2, 0.25) is 16.0 Å². The van der Waals surface area contributed by atoms with Crippen LogP contribution in [0.15, 0.2) is 42.6 Å². The standard InChI is InChI=1S/C28H35F4N7O3S/c1-18(2)38-10-12-39(13-11-38)21-8-9-23(25(15-21)42-4)35-27-34-17-22(28(30,31)32)26(36-27)33-16-19-6-7-20(29)14-24(19)37(3)43(5,40)41/h6-9,14-15,17-18H,10-13,16H2,1-5H3,(H2,33,34,35,36). The Labute approximate surface area is 248 Å². The van der Waals surface area contributed by atoms with Gasteiger partial charge in [-0.15, -0.1) is 0 Å². The van der Waals surface area contributed by atoms with Crippen LogP contribution in [0, 0.1) is 5.82 Å². The number of hydrogen-bond donors (Lipinski definition) is 2. The second-order valence-electron chi connectivity index (χ2n) is 10.4. The zero-order valence-electron chi connectivity index (χ0n) is 24.5. The maximum atomic E-state index is 13.9. The first-order valence-corrected chi connectivity index (χ1v) is 15.4. The van der Waals surface area contributed by atoms with Crippen LogP contribution in [0.25, 0.3) is 0 Å². The average Bonchev–Trinajstić information content (AvgIpc) is 2.95. The summed E-state index contributed by atoms with van der Waals surface area (Å²) in [6.07, 6.45) is -3.19. The molecule has 1 aliphatic rings. The number of halogens is 4. The molecule has 43 heavy (non-hydrogen) atoms. The normalized spacial score (nSPS) is 14.6. The van der Waals surface area contributed by atoms with Crippen molar-refractivity contribution in [2.45, 2.75) is 32.6 Å². The van der Waals surface area contributed by atoms with Gasteiger partial charge >= 0.3 is 6.18 Å². The Morgan fingerprint density at radius 2 is 1.79 bits per heavy atom. The van der Waals surface area contributed by atoms with E-state index in [0.29, 0.717) is 23.7 Å². The molecular weight excluding hydrogens is 590 g/mol. The summed E-state index contributed by atoms with van der Waals surface area (Å²) in [5.74, 6) is -0.904. The first-order chi connectivity index (χ1) is 20.2. The molecule has 0 amide bonds. The van der Waals surface area contributed by atoms with E-state index in [1.165, 1.54) is 20.2 Å². The van der Waals surface area contributed by atoms with Gasteiger partial charge < -0.3 is 20.3 Å². The Morgan fingerprint density at radius 3 is 2.40 bits per heavy atom. The fourth-order valence-corrected chi connectivity index (χ4v) is 5.25. The molecule has 1 fully saturated rings. The number of alkyl halides is 3. The number of hydrogen-bond acceptors (Lipinski definition) is 9. The largest absolute Gasteiger partial charge is 0.494 e. The lowest BCUT2D eigenvalue weighted by molar-refractivity contribution is -0.137. The van der Waals surface area contributed by atoms with Crippen LogP contribution in [0.5, 0.6) is 5.75 Å². The summed E-state index contributed by atoms with van der Waals surface area (Å²) < 4.78 is 86.0. The molecule has 4 rings (SSSR count). The van der Waals surface area contributed by atoms with Gasteiger partial charge in [0.1, 0.15) is 22.9 Å². The molecular formula is C28H35F4N7O3S. The van der Waals surface area contributed by atoms with Gasteiger partial charge in [0, 0.05) is 63.8 Å². The summed E-state index contributed by atoms with van der Waals surface area (Å²) in [6.45, 7) is 7.61. The van der Waals surface area contributed by atoms with E-state index in [-0.39, 0.29) is 23.7 Å². The highest BCUT2D eigenvalue weighted by Crippen LogP contribution is 2.36. The number of rotatable bonds is 10. The van der Waals surface area contributed by atoms with Crippen LogP contribution in [0.3, 0.4) is 0 Å². The average molecular weight is 626 g/mol. The third-order valence-corrected chi connectivity index (χ3v) is 8.46. The van der Waals surface area contributed by atoms with Crippen molar-refractivity contribution in [2.75, 3.05) is 66.4 Å². The lowest BCUT2D eigenvalue weighted by Gasteiger charge is -2.38. The van der Waals surface area contributed by atoms with Crippen molar-refractivity contribution in [1.29, 1.82) is 0 Å². The maximum absolute atomic E-state index is 13.9. The third kappa shape index (κ3) is 7.76. The molecule has 2 N–H and O–H groups in total. The van der Waals surface area contributed by atoms with Crippen LogP contribution < -0.4 is 24.6 Å². The molecule has 2 heterocycles. The van der Waals surface area contributed by atoms with Crippen LogP contribution >= 0.6 is 0 Å². The predicted molar refractivity (Wildman–Crippen MR) is 159 cm³/mol. The van der Waals surface area contributed by atoms with Crippen molar-refractivity contribution >= 4 is 38.9 Å². The van der Waals surface area contributed by atoms with Crippen molar-refractivity contribution in [3.8, 4) is 5.75 Å². The topological polar surface area (TPSA) is 103 Å². The Balaban J connectivity index is 1.58. The maximum Gasteiger partial charge on any atom is 0.421 e. The summed E-state index contributed by atoms with van der Waals surface area (Å²) >= 11 is 0. The quantitative estimate of drug-likeness (QED) is 0.304. The lowest BCUT2D eigenvalue weighted by atomic mass is 10.1. The van der Waals surface area contributed by atoms with Crippen molar-refractivity contribution in [3.05, 3.63) is 59.5 Å². The molecule has 15 heteroatoms. The molecule has 0 saturated carbocycles. The van der Waals surface area contributed by atoms with Gasteiger partial charge in [-0.05, 0) is 43.7 Å². The highest BCUT2D eigenvalue weighted by Gasteiger charge is 2.35. The van der Waals surface area contributed by atoms with Crippen LogP contribution in [0.1, 0.15) is 25.0 Å². The van der Waals surface area contributed by atoms with E-state index in [1.54, 1.807) is 6.07 Å². The number of methoxy groups -OCH3 is 1. The highest BCUT2D eigenvalue weighted by molar-refractivity contribution is 7.92. The van der Waals surface area contributed by atoms with Crippen molar-refractivity contribution in [1.82, 2.24) is 14.9 Å². The molecule has 0 bridgehead atoms. The number of benzene rings is 2. The number of anilines is 5. The van der Waals surface area contributed by atoms with Gasteiger partial charge in [0.25, 0.3) is 0 Å². The first-order valence-electron chi connectivity index (χ1n) is 13.5. The van der Waals surface area contributed by atoms with Crippen LogP contribution in [0.4, 0.5) is 46.4 Å². The predicted octanol–water partition coefficient (Wildman–Crippen LogP) is 4.93. The zero-order chi connectivity index (χ0) is 31.5. The minimum absolute atomic E-state index is 0.0218. The molecule has 0 atom stereocenters. The lowest BCUT2D eigenvalue weighted by Crippen LogP contribution is -2.48. The van der Waals surface area contributed by atoms with Crippen molar-refractivity contribution in [2.24, 2.45) is 0 Å². The first kappa shape index (κ1) is 32.1. The monoisotopic (exact) mass is 625 g/mol. The summed E-state index contributed by atoms with van der Waals surface area (Å²) in [7, 11) is -1.04. The van der Waals surface area contributed by atoms with Crippen LogP contribution in [-0.4, -0.2) is 75.9 Å². The second-order valence-corrected chi connectivity index (χ2v) is 12.5. The van der Waals surface area contributed by atoms with Crippen LogP contribution in [-0.2, 0) is 22.7 Å². The second kappa shape index (κ2) is 12.8. The van der Waals surface area contributed by atoms with Crippen molar-refractivity contribution < 1.29 is 30.7 Å². The zero-order valence-corrected chi connectivity index (χ0v) is 25.4. The highest BCUT2D eigenvalue weighted by atomic mass is 32.2. The Bertz CT molecular complexity index is 1550. The Morgan fingerprint density at radius 1 is 1.09 bits per heavy atom. The number of aromatic nitrogens is 2. The molecule has 3 aromatic rings. The molecule has 0 radical (unpaired) electrons. The Kier molecular flexibility index (Phi) is 9.54. The fourth-order valence-electron chi connectivity index (χ4n) is 4.72. The summed E-state index contributed by atoms with van der Waals surface area (Å²) in [5.41, 5.74) is 0.499. The summed E-state index contributed by atoms with van der Waals surface area (Å²) in [6, 6.07) is 9.35. The van der Waals surface area contributed by atoms with Gasteiger partial charge in [-0.1, -0.05) is 6.07 Å². The molecule has 10 nitrogen and oxygen atoms in total. The van der Waals surface area contributed by atoms with E-state index in [2.05, 4.69) is 44.2 Å². The number of sulfonamides is 1. The molecule has 1 aliphatic heterocycles. The van der Waals surface area contributed by atoms with Gasteiger partial charge in [-0.2, -0.15) is 18.2 Å². The smallest absolute Gasteiger partial charge is 0.421 e. The van der Waals surface area contributed by atoms with Gasteiger partial charge in [0.05, 0.1) is 24.7 Å². The minimum Gasteiger partial charge on any atom is -0.494 e.